The minimum atomic E-state index is 0.0248. The van der Waals surface area contributed by atoms with Gasteiger partial charge in [0.25, 0.3) is 0 Å². The number of thioether (sulfide) groups is 1. The highest BCUT2D eigenvalue weighted by atomic mass is 32.2. The van der Waals surface area contributed by atoms with Crippen molar-refractivity contribution in [1.29, 1.82) is 0 Å². The Labute approximate surface area is 93.8 Å². The highest BCUT2D eigenvalue weighted by Gasteiger charge is 2.16. The van der Waals surface area contributed by atoms with E-state index in [1.54, 1.807) is 32.4 Å². The molecule has 4 heteroatoms. The fourth-order valence-corrected chi connectivity index (χ4v) is 1.74. The van der Waals surface area contributed by atoms with Crippen molar-refractivity contribution >= 4 is 17.5 Å². The molecule has 82 valence electrons. The predicted molar refractivity (Wildman–Crippen MR) is 62.3 cm³/mol. The largest absolute Gasteiger partial charge is 0.496 e. The second-order valence-electron chi connectivity index (χ2n) is 2.89. The van der Waals surface area contributed by atoms with E-state index in [1.807, 2.05) is 6.26 Å². The number of rotatable bonds is 5. The van der Waals surface area contributed by atoms with Gasteiger partial charge < -0.3 is 9.47 Å². The lowest BCUT2D eigenvalue weighted by Crippen LogP contribution is -2.07. The Morgan fingerprint density at radius 1 is 1.27 bits per heavy atom. The van der Waals surface area contributed by atoms with E-state index in [4.69, 9.17) is 9.47 Å². The lowest BCUT2D eigenvalue weighted by Gasteiger charge is -2.11. The van der Waals surface area contributed by atoms with Gasteiger partial charge in [-0.15, -0.1) is 0 Å². The fraction of sp³-hybridized carbons (Fsp3) is 0.364. The molecule has 0 aliphatic carbocycles. The van der Waals surface area contributed by atoms with Crippen LogP contribution in [0.3, 0.4) is 0 Å². The van der Waals surface area contributed by atoms with E-state index in [0.717, 1.165) is 0 Å². The molecule has 0 unspecified atom stereocenters. The van der Waals surface area contributed by atoms with Crippen molar-refractivity contribution in [2.75, 3.05) is 26.2 Å². The Balaban J connectivity index is 3.15. The van der Waals surface area contributed by atoms with Crippen LogP contribution in [-0.2, 0) is 0 Å². The van der Waals surface area contributed by atoms with Crippen molar-refractivity contribution in [3.63, 3.8) is 0 Å². The molecule has 0 atom stereocenters. The second-order valence-corrected chi connectivity index (χ2v) is 3.76. The predicted octanol–water partition coefficient (Wildman–Crippen LogP) is 2.25. The molecule has 0 aliphatic heterocycles. The van der Waals surface area contributed by atoms with Gasteiger partial charge in [0.05, 0.1) is 20.0 Å². The van der Waals surface area contributed by atoms with E-state index in [-0.39, 0.29) is 5.78 Å². The maximum absolute atomic E-state index is 11.8. The van der Waals surface area contributed by atoms with E-state index >= 15 is 0 Å². The number of methoxy groups -OCH3 is 2. The first kappa shape index (κ1) is 11.9. The monoisotopic (exact) mass is 226 g/mol. The molecule has 0 saturated heterocycles. The summed E-state index contributed by atoms with van der Waals surface area (Å²) in [5.74, 6) is 1.58. The van der Waals surface area contributed by atoms with Gasteiger partial charge in [0.15, 0.2) is 5.78 Å². The number of ether oxygens (including phenoxy) is 2. The molecule has 3 nitrogen and oxygen atoms in total. The van der Waals surface area contributed by atoms with Gasteiger partial charge in [0.2, 0.25) is 0 Å². The Kier molecular flexibility index (Phi) is 4.49. The van der Waals surface area contributed by atoms with E-state index in [0.29, 0.717) is 22.8 Å². The van der Waals surface area contributed by atoms with Crippen LogP contribution in [0.2, 0.25) is 0 Å². The van der Waals surface area contributed by atoms with Crippen LogP contribution in [0.15, 0.2) is 18.2 Å². The van der Waals surface area contributed by atoms with Gasteiger partial charge in [0, 0.05) is 0 Å². The number of hydrogen-bond donors (Lipinski definition) is 0. The Morgan fingerprint density at radius 2 is 1.80 bits per heavy atom. The zero-order chi connectivity index (χ0) is 11.3. The van der Waals surface area contributed by atoms with Crippen LogP contribution < -0.4 is 9.47 Å². The number of hydrogen-bond acceptors (Lipinski definition) is 4. The van der Waals surface area contributed by atoms with Crippen molar-refractivity contribution in [1.82, 2.24) is 0 Å². The zero-order valence-corrected chi connectivity index (χ0v) is 9.89. The van der Waals surface area contributed by atoms with Crippen LogP contribution in [0.25, 0.3) is 0 Å². The van der Waals surface area contributed by atoms with Crippen LogP contribution in [0.4, 0.5) is 0 Å². The molecule has 0 radical (unpaired) electrons. The molecule has 0 N–H and O–H groups in total. The summed E-state index contributed by atoms with van der Waals surface area (Å²) in [5, 5.41) is 0. The van der Waals surface area contributed by atoms with Crippen molar-refractivity contribution in [2.45, 2.75) is 0 Å². The van der Waals surface area contributed by atoms with Crippen LogP contribution in [-0.4, -0.2) is 32.0 Å². The molecule has 1 aromatic carbocycles. The van der Waals surface area contributed by atoms with Gasteiger partial charge in [-0.05, 0) is 18.4 Å². The van der Waals surface area contributed by atoms with Gasteiger partial charge in [-0.25, -0.2) is 0 Å². The Bertz CT molecular complexity index is 327. The molecule has 1 rings (SSSR count). The number of carbonyl (C=O) groups is 1. The first-order chi connectivity index (χ1) is 7.24. The average molecular weight is 226 g/mol. The quantitative estimate of drug-likeness (QED) is 0.721. The molecule has 0 bridgehead atoms. The summed E-state index contributed by atoms with van der Waals surface area (Å²) in [5.41, 5.74) is 0.525. The molecule has 0 aromatic heterocycles. The van der Waals surface area contributed by atoms with Gasteiger partial charge in [-0.3, -0.25) is 4.79 Å². The van der Waals surface area contributed by atoms with E-state index in [9.17, 15) is 4.79 Å². The Hall–Kier alpha value is -1.16. The lowest BCUT2D eigenvalue weighted by atomic mass is 10.1. The van der Waals surface area contributed by atoms with Crippen LogP contribution in [0.5, 0.6) is 11.5 Å². The topological polar surface area (TPSA) is 35.5 Å². The third kappa shape index (κ3) is 2.65. The molecule has 0 fully saturated rings. The minimum Gasteiger partial charge on any atom is -0.496 e. The van der Waals surface area contributed by atoms with Gasteiger partial charge in [-0.2, -0.15) is 11.8 Å². The van der Waals surface area contributed by atoms with Crippen LogP contribution in [0, 0.1) is 0 Å². The number of carbonyl (C=O) groups excluding carboxylic acids is 1. The first-order valence-electron chi connectivity index (χ1n) is 4.47. The molecule has 0 heterocycles. The molecule has 15 heavy (non-hydrogen) atoms. The summed E-state index contributed by atoms with van der Waals surface area (Å²) in [4.78, 5) is 11.8. The minimum absolute atomic E-state index is 0.0248. The van der Waals surface area contributed by atoms with Gasteiger partial charge >= 0.3 is 0 Å². The number of ketones is 1. The van der Waals surface area contributed by atoms with E-state index < -0.39 is 0 Å². The molecular weight excluding hydrogens is 212 g/mol. The normalized spacial score (nSPS) is 9.80. The average Bonchev–Trinajstić information content (AvgIpc) is 2.28. The highest BCUT2D eigenvalue weighted by Crippen LogP contribution is 2.29. The Morgan fingerprint density at radius 3 is 2.20 bits per heavy atom. The maximum Gasteiger partial charge on any atom is 0.180 e. The van der Waals surface area contributed by atoms with Crippen LogP contribution >= 0.6 is 11.8 Å². The van der Waals surface area contributed by atoms with Crippen molar-refractivity contribution in [3.05, 3.63) is 23.8 Å². The molecule has 0 spiro atoms. The first-order valence-corrected chi connectivity index (χ1v) is 5.87. The standard InChI is InChI=1S/C11H14O3S/c1-13-9-5-4-6-10(14-2)11(9)8(12)7-15-3/h4-6H,7H2,1-3H3. The van der Waals surface area contributed by atoms with E-state index in [1.165, 1.54) is 11.8 Å². The summed E-state index contributed by atoms with van der Waals surface area (Å²) in [6.07, 6.45) is 1.89. The van der Waals surface area contributed by atoms with Gasteiger partial charge in [0.1, 0.15) is 17.1 Å². The second kappa shape index (κ2) is 5.66. The highest BCUT2D eigenvalue weighted by molar-refractivity contribution is 7.99. The van der Waals surface area contributed by atoms with Crippen LogP contribution in [0.1, 0.15) is 10.4 Å². The fourth-order valence-electron chi connectivity index (χ4n) is 1.33. The summed E-state index contributed by atoms with van der Waals surface area (Å²) in [6, 6.07) is 5.32. The smallest absolute Gasteiger partial charge is 0.180 e. The third-order valence-corrected chi connectivity index (χ3v) is 2.53. The summed E-state index contributed by atoms with van der Waals surface area (Å²) in [6.45, 7) is 0. The number of Topliss-reactive ketones (excluding diaryl/α,β-unsaturated/α-hetero) is 1. The van der Waals surface area contributed by atoms with Crippen molar-refractivity contribution in [2.24, 2.45) is 0 Å². The summed E-state index contributed by atoms with van der Waals surface area (Å²) in [7, 11) is 3.09. The molecular formula is C11H14O3S. The molecule has 0 saturated carbocycles. The summed E-state index contributed by atoms with van der Waals surface area (Å²) >= 11 is 1.48. The lowest BCUT2D eigenvalue weighted by molar-refractivity contribution is 0.101. The SMILES string of the molecule is COc1cccc(OC)c1C(=O)CSC. The summed E-state index contributed by atoms with van der Waals surface area (Å²) < 4.78 is 10.3. The zero-order valence-electron chi connectivity index (χ0n) is 9.07. The van der Waals surface area contributed by atoms with Crippen molar-refractivity contribution in [3.8, 4) is 11.5 Å². The van der Waals surface area contributed by atoms with E-state index in [2.05, 4.69) is 0 Å². The maximum atomic E-state index is 11.8. The molecule has 0 aliphatic rings. The molecule has 0 amide bonds. The number of benzene rings is 1. The van der Waals surface area contributed by atoms with Gasteiger partial charge in [-0.1, -0.05) is 6.07 Å². The molecule has 1 aromatic rings. The third-order valence-electron chi connectivity index (χ3n) is 1.98. The van der Waals surface area contributed by atoms with Crippen molar-refractivity contribution < 1.29 is 14.3 Å².